The molecule has 1 heterocycles. The van der Waals surface area contributed by atoms with Gasteiger partial charge in [-0.1, -0.05) is 46.3 Å². The summed E-state index contributed by atoms with van der Waals surface area (Å²) in [5.74, 6) is -0.979. The largest absolute Gasteiger partial charge is 0.334 e. The molecule has 7 nitrogen and oxygen atoms in total. The quantitative estimate of drug-likeness (QED) is 0.335. The first kappa shape index (κ1) is 21.7. The zero-order valence-corrected chi connectivity index (χ0v) is 18.7. The molecule has 0 aliphatic carbocycles. The summed E-state index contributed by atoms with van der Waals surface area (Å²) >= 11 is 3.26. The highest BCUT2D eigenvalue weighted by molar-refractivity contribution is 9.10. The van der Waals surface area contributed by atoms with Crippen molar-refractivity contribution in [2.75, 3.05) is 10.0 Å². The smallest absolute Gasteiger partial charge is 0.273 e. The van der Waals surface area contributed by atoms with E-state index in [1.807, 2.05) is 30.3 Å². The second-order valence-electron chi connectivity index (χ2n) is 6.72. The summed E-state index contributed by atoms with van der Waals surface area (Å²) in [5, 5.41) is 2.56. The van der Waals surface area contributed by atoms with E-state index in [9.17, 15) is 17.6 Å². The van der Waals surface area contributed by atoms with Gasteiger partial charge in [-0.2, -0.15) is 0 Å². The molecule has 0 saturated heterocycles. The fourth-order valence-corrected chi connectivity index (χ4v) is 4.32. The number of benzene rings is 3. The van der Waals surface area contributed by atoms with Crippen molar-refractivity contribution in [2.24, 2.45) is 0 Å². The Labute approximate surface area is 191 Å². The maximum Gasteiger partial charge on any atom is 0.273 e. The number of aromatic nitrogens is 2. The van der Waals surface area contributed by atoms with Gasteiger partial charge in [0, 0.05) is 21.4 Å². The first-order valence-electron chi connectivity index (χ1n) is 9.31. The molecule has 3 aromatic carbocycles. The molecule has 0 bridgehead atoms. The number of carbonyl (C=O) groups excluding carboxylic acids is 1. The second-order valence-corrected chi connectivity index (χ2v) is 9.29. The Hall–Kier alpha value is -3.50. The summed E-state index contributed by atoms with van der Waals surface area (Å²) < 4.78 is 42.8. The molecule has 1 aromatic heterocycles. The van der Waals surface area contributed by atoms with Crippen molar-refractivity contribution >= 4 is 43.2 Å². The van der Waals surface area contributed by atoms with Gasteiger partial charge in [0.05, 0.1) is 6.20 Å². The highest BCUT2D eigenvalue weighted by Crippen LogP contribution is 2.24. The van der Waals surface area contributed by atoms with Crippen LogP contribution in [0.4, 0.5) is 15.8 Å². The fraction of sp³-hybridized carbons (Fsp3) is 0. The van der Waals surface area contributed by atoms with E-state index >= 15 is 0 Å². The topological polar surface area (TPSA) is 104 Å². The van der Waals surface area contributed by atoms with Crippen molar-refractivity contribution in [3.05, 3.63) is 95.0 Å². The lowest BCUT2D eigenvalue weighted by Gasteiger charge is -2.11. The first-order valence-corrected chi connectivity index (χ1v) is 11.6. The van der Waals surface area contributed by atoms with Crippen molar-refractivity contribution in [3.63, 3.8) is 0 Å². The Morgan fingerprint density at radius 1 is 0.969 bits per heavy atom. The number of hydrogen-bond acceptors (Lipinski definition) is 4. The Morgan fingerprint density at radius 2 is 1.66 bits per heavy atom. The number of anilines is 2. The normalized spacial score (nSPS) is 11.2. The number of sulfonamides is 1. The summed E-state index contributed by atoms with van der Waals surface area (Å²) in [6.07, 6.45) is 1.37. The predicted molar refractivity (Wildman–Crippen MR) is 123 cm³/mol. The van der Waals surface area contributed by atoms with E-state index in [1.165, 1.54) is 24.4 Å². The second kappa shape index (κ2) is 8.93. The maximum atomic E-state index is 14.3. The van der Waals surface area contributed by atoms with Crippen molar-refractivity contribution < 1.29 is 17.6 Å². The van der Waals surface area contributed by atoms with Crippen LogP contribution < -0.4 is 10.0 Å². The van der Waals surface area contributed by atoms with Crippen molar-refractivity contribution in [1.29, 1.82) is 0 Å². The SMILES string of the molecule is O=C(Nc1ccc(F)c(S(=O)(=O)Nc2ccc(Br)cc2)c1)c1cnc(-c2ccccc2)[nH]1. The van der Waals surface area contributed by atoms with Crippen LogP contribution in [0.15, 0.2) is 88.4 Å². The third-order valence-corrected chi connectivity index (χ3v) is 6.37. The number of nitrogens with one attached hydrogen (secondary N) is 3. The lowest BCUT2D eigenvalue weighted by atomic mass is 10.2. The number of aromatic amines is 1. The van der Waals surface area contributed by atoms with Gasteiger partial charge in [0.15, 0.2) is 0 Å². The van der Waals surface area contributed by atoms with Crippen LogP contribution in [0.25, 0.3) is 11.4 Å². The molecule has 0 aliphatic rings. The zero-order chi connectivity index (χ0) is 22.7. The molecule has 0 atom stereocenters. The van der Waals surface area contributed by atoms with E-state index in [0.29, 0.717) is 5.82 Å². The summed E-state index contributed by atoms with van der Waals surface area (Å²) in [6, 6.07) is 18.9. The van der Waals surface area contributed by atoms with Crippen LogP contribution in [0.2, 0.25) is 0 Å². The molecule has 0 fully saturated rings. The van der Waals surface area contributed by atoms with Gasteiger partial charge < -0.3 is 10.3 Å². The monoisotopic (exact) mass is 514 g/mol. The minimum absolute atomic E-state index is 0.114. The van der Waals surface area contributed by atoms with Gasteiger partial charge in [-0.25, -0.2) is 17.8 Å². The van der Waals surface area contributed by atoms with Gasteiger partial charge >= 0.3 is 0 Å². The highest BCUT2D eigenvalue weighted by atomic mass is 79.9. The summed E-state index contributed by atoms with van der Waals surface area (Å²) in [7, 11) is -4.22. The number of amides is 1. The van der Waals surface area contributed by atoms with Crippen LogP contribution in [-0.2, 0) is 10.0 Å². The van der Waals surface area contributed by atoms with Gasteiger partial charge in [-0.15, -0.1) is 0 Å². The van der Waals surface area contributed by atoms with Crippen LogP contribution in [0.5, 0.6) is 0 Å². The number of halogens is 2. The number of rotatable bonds is 6. The molecular formula is C22H16BrFN4O3S. The molecule has 0 saturated carbocycles. The molecule has 4 aromatic rings. The number of imidazole rings is 1. The van der Waals surface area contributed by atoms with Crippen molar-refractivity contribution in [1.82, 2.24) is 9.97 Å². The van der Waals surface area contributed by atoms with Crippen LogP contribution in [-0.4, -0.2) is 24.3 Å². The average Bonchev–Trinajstić information content (AvgIpc) is 3.28. The zero-order valence-electron chi connectivity index (χ0n) is 16.3. The van der Waals surface area contributed by atoms with Gasteiger partial charge in [-0.3, -0.25) is 9.52 Å². The van der Waals surface area contributed by atoms with Gasteiger partial charge in [0.25, 0.3) is 15.9 Å². The number of nitrogens with zero attached hydrogens (tertiary/aromatic N) is 1. The van der Waals surface area contributed by atoms with Gasteiger partial charge in [0.2, 0.25) is 0 Å². The van der Waals surface area contributed by atoms with Crippen molar-refractivity contribution in [2.45, 2.75) is 4.90 Å². The lowest BCUT2D eigenvalue weighted by Crippen LogP contribution is -2.16. The predicted octanol–water partition coefficient (Wildman–Crippen LogP) is 5.03. The summed E-state index contributed by atoms with van der Waals surface area (Å²) in [6.45, 7) is 0. The summed E-state index contributed by atoms with van der Waals surface area (Å²) in [4.78, 5) is 19.1. The average molecular weight is 515 g/mol. The standard InChI is InChI=1S/C22H16BrFN4O3S/c23-15-6-8-16(9-7-15)28-32(30,31)20-12-17(10-11-18(20)24)26-22(29)19-13-25-21(27-19)14-4-2-1-3-5-14/h1-13,28H,(H,25,27)(H,26,29). The Bertz CT molecular complexity index is 1370. The van der Waals surface area contributed by atoms with Crippen LogP contribution >= 0.6 is 15.9 Å². The molecule has 3 N–H and O–H groups in total. The molecule has 0 spiro atoms. The van der Waals surface area contributed by atoms with E-state index < -0.39 is 26.6 Å². The first-order chi connectivity index (χ1) is 15.3. The minimum atomic E-state index is -4.22. The summed E-state index contributed by atoms with van der Waals surface area (Å²) in [5.41, 5.74) is 1.36. The third-order valence-electron chi connectivity index (χ3n) is 4.44. The van der Waals surface area contributed by atoms with Gasteiger partial charge in [0.1, 0.15) is 22.2 Å². The van der Waals surface area contributed by atoms with E-state index in [0.717, 1.165) is 22.2 Å². The van der Waals surface area contributed by atoms with Gasteiger partial charge in [-0.05, 0) is 42.5 Å². The van der Waals surface area contributed by atoms with E-state index in [2.05, 4.69) is 35.9 Å². The Morgan fingerprint density at radius 3 is 2.38 bits per heavy atom. The molecular weight excluding hydrogens is 499 g/mol. The Balaban J connectivity index is 1.54. The maximum absolute atomic E-state index is 14.3. The van der Waals surface area contributed by atoms with E-state index in [4.69, 9.17) is 0 Å². The molecule has 0 unspecified atom stereocenters. The molecule has 1 amide bonds. The highest BCUT2D eigenvalue weighted by Gasteiger charge is 2.21. The van der Waals surface area contributed by atoms with E-state index in [1.54, 1.807) is 12.1 Å². The number of H-pyrrole nitrogens is 1. The minimum Gasteiger partial charge on any atom is -0.334 e. The van der Waals surface area contributed by atoms with Crippen LogP contribution in [0, 0.1) is 5.82 Å². The molecule has 10 heteroatoms. The van der Waals surface area contributed by atoms with Crippen LogP contribution in [0.3, 0.4) is 0 Å². The lowest BCUT2D eigenvalue weighted by molar-refractivity contribution is 0.102. The van der Waals surface area contributed by atoms with E-state index in [-0.39, 0.29) is 17.1 Å². The van der Waals surface area contributed by atoms with Crippen molar-refractivity contribution in [3.8, 4) is 11.4 Å². The molecule has 4 rings (SSSR count). The number of carbonyl (C=O) groups is 1. The molecule has 162 valence electrons. The Kier molecular flexibility index (Phi) is 6.06. The third kappa shape index (κ3) is 4.87. The molecule has 0 aliphatic heterocycles. The van der Waals surface area contributed by atoms with Crippen LogP contribution in [0.1, 0.15) is 10.5 Å². The molecule has 0 radical (unpaired) electrons. The molecule has 32 heavy (non-hydrogen) atoms. The number of hydrogen-bond donors (Lipinski definition) is 3. The fourth-order valence-electron chi connectivity index (χ4n) is 2.89.